The smallest absolute Gasteiger partial charge is 0.123 e. The molecule has 0 saturated heterocycles. The molecule has 0 aliphatic carbocycles. The van der Waals surface area contributed by atoms with Gasteiger partial charge in [-0.3, -0.25) is 0 Å². The van der Waals surface area contributed by atoms with E-state index < -0.39 is 0 Å². The molecular formula is C16H17F2N. The predicted molar refractivity (Wildman–Crippen MR) is 72.9 cm³/mol. The lowest BCUT2D eigenvalue weighted by atomic mass is 9.77. The van der Waals surface area contributed by atoms with Crippen molar-refractivity contribution in [2.45, 2.75) is 18.8 Å². The number of rotatable bonds is 4. The summed E-state index contributed by atoms with van der Waals surface area (Å²) in [5.41, 5.74) is 7.60. The van der Waals surface area contributed by atoms with E-state index in [1.165, 1.54) is 24.3 Å². The maximum absolute atomic E-state index is 13.0. The van der Waals surface area contributed by atoms with Crippen molar-refractivity contribution < 1.29 is 8.78 Å². The van der Waals surface area contributed by atoms with Gasteiger partial charge in [0, 0.05) is 12.0 Å². The summed E-state index contributed by atoms with van der Waals surface area (Å²) in [5, 5.41) is 0. The average molecular weight is 261 g/mol. The minimum atomic E-state index is -0.286. The standard InChI is InChI=1S/C16H17F2N/c1-16(11-19,13-4-8-15(18)9-5-13)10-12-2-6-14(17)7-3-12/h2-9H,10-11,19H2,1H3. The van der Waals surface area contributed by atoms with Crippen LogP contribution >= 0.6 is 0 Å². The Morgan fingerprint density at radius 1 is 0.895 bits per heavy atom. The van der Waals surface area contributed by atoms with E-state index >= 15 is 0 Å². The summed E-state index contributed by atoms with van der Waals surface area (Å²) >= 11 is 0. The van der Waals surface area contributed by atoms with Gasteiger partial charge in [0.05, 0.1) is 0 Å². The summed E-state index contributed by atoms with van der Waals surface area (Å²) in [4.78, 5) is 0. The van der Waals surface area contributed by atoms with Gasteiger partial charge in [-0.2, -0.15) is 0 Å². The largest absolute Gasteiger partial charge is 0.330 e. The topological polar surface area (TPSA) is 26.0 Å². The molecule has 0 radical (unpaired) electrons. The van der Waals surface area contributed by atoms with E-state index in [0.29, 0.717) is 13.0 Å². The molecule has 100 valence electrons. The lowest BCUT2D eigenvalue weighted by Gasteiger charge is -2.29. The van der Waals surface area contributed by atoms with Crippen molar-refractivity contribution in [1.82, 2.24) is 0 Å². The molecule has 2 N–H and O–H groups in total. The predicted octanol–water partition coefficient (Wildman–Crippen LogP) is 3.42. The first-order valence-electron chi connectivity index (χ1n) is 6.24. The van der Waals surface area contributed by atoms with Crippen LogP contribution in [0.1, 0.15) is 18.1 Å². The Morgan fingerprint density at radius 2 is 1.37 bits per heavy atom. The first kappa shape index (κ1) is 13.7. The average Bonchev–Trinajstić information content (AvgIpc) is 2.42. The van der Waals surface area contributed by atoms with Crippen LogP contribution in [0.2, 0.25) is 0 Å². The highest BCUT2D eigenvalue weighted by Gasteiger charge is 2.25. The van der Waals surface area contributed by atoms with E-state index in [9.17, 15) is 8.78 Å². The van der Waals surface area contributed by atoms with Crippen LogP contribution in [0, 0.1) is 11.6 Å². The van der Waals surface area contributed by atoms with Crippen LogP contribution in [-0.2, 0) is 11.8 Å². The Hall–Kier alpha value is -1.74. The quantitative estimate of drug-likeness (QED) is 0.896. The molecule has 0 heterocycles. The van der Waals surface area contributed by atoms with Gasteiger partial charge in [0.15, 0.2) is 0 Å². The second-order valence-electron chi connectivity index (χ2n) is 5.07. The number of hydrogen-bond donors (Lipinski definition) is 1. The molecule has 0 aliphatic rings. The van der Waals surface area contributed by atoms with E-state index in [4.69, 9.17) is 5.73 Å². The second-order valence-corrected chi connectivity index (χ2v) is 5.07. The molecule has 0 bridgehead atoms. The fourth-order valence-electron chi connectivity index (χ4n) is 2.20. The molecule has 2 aromatic carbocycles. The van der Waals surface area contributed by atoms with Crippen molar-refractivity contribution in [3.8, 4) is 0 Å². The maximum atomic E-state index is 13.0. The van der Waals surface area contributed by atoms with Gasteiger partial charge in [0.25, 0.3) is 0 Å². The lowest BCUT2D eigenvalue weighted by molar-refractivity contribution is 0.479. The zero-order valence-corrected chi connectivity index (χ0v) is 10.9. The van der Waals surface area contributed by atoms with Gasteiger partial charge in [-0.05, 0) is 41.8 Å². The molecule has 0 amide bonds. The third kappa shape index (κ3) is 3.18. The first-order chi connectivity index (χ1) is 9.03. The Labute approximate surface area is 112 Å². The number of halogens is 2. The minimum Gasteiger partial charge on any atom is -0.330 e. The van der Waals surface area contributed by atoms with Crippen molar-refractivity contribution >= 4 is 0 Å². The number of hydrogen-bond acceptors (Lipinski definition) is 1. The minimum absolute atomic E-state index is 0.250. The van der Waals surface area contributed by atoms with Crippen LogP contribution < -0.4 is 5.73 Å². The van der Waals surface area contributed by atoms with Gasteiger partial charge in [-0.25, -0.2) is 8.78 Å². The van der Waals surface area contributed by atoms with Crippen molar-refractivity contribution in [2.75, 3.05) is 6.54 Å². The summed E-state index contributed by atoms with van der Waals surface area (Å²) in [7, 11) is 0. The third-order valence-electron chi connectivity index (χ3n) is 3.50. The van der Waals surface area contributed by atoms with Crippen LogP contribution in [0.4, 0.5) is 8.78 Å². The Balaban J connectivity index is 2.27. The Kier molecular flexibility index (Phi) is 3.96. The number of nitrogens with two attached hydrogens (primary N) is 1. The van der Waals surface area contributed by atoms with Gasteiger partial charge in [-0.1, -0.05) is 31.2 Å². The van der Waals surface area contributed by atoms with Crippen molar-refractivity contribution in [3.05, 3.63) is 71.3 Å². The maximum Gasteiger partial charge on any atom is 0.123 e. The molecular weight excluding hydrogens is 244 g/mol. The molecule has 1 nitrogen and oxygen atoms in total. The Morgan fingerprint density at radius 3 is 1.84 bits per heavy atom. The van der Waals surface area contributed by atoms with Gasteiger partial charge >= 0.3 is 0 Å². The molecule has 2 aromatic rings. The van der Waals surface area contributed by atoms with Crippen LogP contribution in [0.15, 0.2) is 48.5 Å². The highest BCUT2D eigenvalue weighted by molar-refractivity contribution is 5.29. The summed E-state index contributed by atoms with van der Waals surface area (Å²) in [5.74, 6) is -0.509. The molecule has 19 heavy (non-hydrogen) atoms. The van der Waals surface area contributed by atoms with E-state index in [-0.39, 0.29) is 17.0 Å². The van der Waals surface area contributed by atoms with Crippen LogP contribution in [-0.4, -0.2) is 6.54 Å². The molecule has 0 aliphatic heterocycles. The fourth-order valence-corrected chi connectivity index (χ4v) is 2.20. The van der Waals surface area contributed by atoms with Gasteiger partial charge in [0.2, 0.25) is 0 Å². The monoisotopic (exact) mass is 261 g/mol. The Bertz CT molecular complexity index is 534. The molecule has 3 heteroatoms. The molecule has 0 fully saturated rings. The van der Waals surface area contributed by atoms with E-state index in [1.54, 1.807) is 24.3 Å². The van der Waals surface area contributed by atoms with E-state index in [0.717, 1.165) is 11.1 Å². The van der Waals surface area contributed by atoms with Gasteiger partial charge in [0.1, 0.15) is 11.6 Å². The molecule has 0 spiro atoms. The van der Waals surface area contributed by atoms with Crippen LogP contribution in [0.3, 0.4) is 0 Å². The van der Waals surface area contributed by atoms with Gasteiger partial charge in [-0.15, -0.1) is 0 Å². The molecule has 1 atom stereocenters. The highest BCUT2D eigenvalue weighted by atomic mass is 19.1. The van der Waals surface area contributed by atoms with Gasteiger partial charge < -0.3 is 5.73 Å². The molecule has 1 unspecified atom stereocenters. The summed E-state index contributed by atoms with van der Waals surface area (Å²) in [6, 6.07) is 12.8. The van der Waals surface area contributed by atoms with E-state index in [1.807, 2.05) is 6.92 Å². The van der Waals surface area contributed by atoms with Crippen molar-refractivity contribution in [2.24, 2.45) is 5.73 Å². The van der Waals surface area contributed by atoms with E-state index in [2.05, 4.69) is 0 Å². The second kappa shape index (κ2) is 5.49. The summed E-state index contributed by atoms with van der Waals surface area (Å²) in [6.45, 7) is 2.47. The molecule has 0 saturated carbocycles. The van der Waals surface area contributed by atoms with Crippen molar-refractivity contribution in [3.63, 3.8) is 0 Å². The highest BCUT2D eigenvalue weighted by Crippen LogP contribution is 2.27. The normalized spacial score (nSPS) is 14.1. The fraction of sp³-hybridized carbons (Fsp3) is 0.250. The summed E-state index contributed by atoms with van der Waals surface area (Å²) in [6.07, 6.45) is 0.690. The van der Waals surface area contributed by atoms with Crippen LogP contribution in [0.25, 0.3) is 0 Å². The summed E-state index contributed by atoms with van der Waals surface area (Å²) < 4.78 is 25.9. The van der Waals surface area contributed by atoms with Crippen molar-refractivity contribution in [1.29, 1.82) is 0 Å². The molecule has 2 rings (SSSR count). The zero-order valence-electron chi connectivity index (χ0n) is 10.9. The first-order valence-corrected chi connectivity index (χ1v) is 6.24. The number of benzene rings is 2. The SMILES string of the molecule is CC(CN)(Cc1ccc(F)cc1)c1ccc(F)cc1. The molecule has 0 aromatic heterocycles. The third-order valence-corrected chi connectivity index (χ3v) is 3.50. The zero-order chi connectivity index (χ0) is 13.9. The van der Waals surface area contributed by atoms with Crippen LogP contribution in [0.5, 0.6) is 0 Å². The lowest BCUT2D eigenvalue weighted by Crippen LogP contribution is -2.34.